The van der Waals surface area contributed by atoms with Crippen molar-refractivity contribution in [1.82, 2.24) is 3.71 Å². The fourth-order valence-electron chi connectivity index (χ4n) is 1.79. The molecule has 8 heteroatoms. The van der Waals surface area contributed by atoms with Crippen molar-refractivity contribution in [2.24, 2.45) is 5.14 Å². The molecule has 0 aromatic heterocycles. The highest BCUT2D eigenvalue weighted by molar-refractivity contribution is 8.27. The summed E-state index contributed by atoms with van der Waals surface area (Å²) in [6, 6.07) is -0.357. The van der Waals surface area contributed by atoms with E-state index in [-0.39, 0.29) is 11.8 Å². The fourth-order valence-corrected chi connectivity index (χ4v) is 5.43. The van der Waals surface area contributed by atoms with Crippen molar-refractivity contribution in [2.75, 3.05) is 5.75 Å². The molecule has 1 heterocycles. The van der Waals surface area contributed by atoms with Gasteiger partial charge in [0.15, 0.2) is 0 Å². The molecule has 0 bridgehead atoms. The predicted octanol–water partition coefficient (Wildman–Crippen LogP) is 1.12. The first-order chi connectivity index (χ1) is 6.79. The first kappa shape index (κ1) is 13.2. The van der Waals surface area contributed by atoms with Crippen molar-refractivity contribution in [3.05, 3.63) is 0 Å². The van der Waals surface area contributed by atoms with Gasteiger partial charge in [0.2, 0.25) is 0 Å². The Kier molecular flexibility index (Phi) is 4.01. The van der Waals surface area contributed by atoms with Crippen molar-refractivity contribution in [2.45, 2.75) is 38.6 Å². The number of rotatable bonds is 4. The molecule has 0 aliphatic carbocycles. The minimum absolute atomic E-state index is 0.0951. The van der Waals surface area contributed by atoms with E-state index in [2.05, 4.69) is 0 Å². The molecule has 1 aliphatic rings. The molecule has 1 rings (SSSR count). The van der Waals surface area contributed by atoms with Crippen molar-refractivity contribution in [3.63, 3.8) is 0 Å². The van der Waals surface area contributed by atoms with Gasteiger partial charge >= 0.3 is 0 Å². The van der Waals surface area contributed by atoms with E-state index < -0.39 is 21.0 Å². The lowest BCUT2D eigenvalue weighted by Gasteiger charge is -2.36. The van der Waals surface area contributed by atoms with Crippen LogP contribution in [0.25, 0.3) is 0 Å². The Morgan fingerprint density at radius 1 is 1.53 bits per heavy atom. The molecule has 1 atom stereocenters. The lowest BCUT2D eigenvalue weighted by Crippen LogP contribution is -2.40. The lowest BCUT2D eigenvalue weighted by atomic mass is 10.1. The maximum atomic E-state index is 11.2. The van der Waals surface area contributed by atoms with Crippen LogP contribution in [0.1, 0.15) is 32.6 Å². The smallest absolute Gasteiger partial charge is 0.285 e. The molecule has 0 aromatic carbocycles. The highest BCUT2D eigenvalue weighted by atomic mass is 32.3. The standard InChI is InChI=1S/C7H18N2O4S2/c1-2-3-4-7-5-6-14(10,11)9(7)15(8,12)13/h7,10-11H,2-6H2,1H3,(H2,8,12,13). The van der Waals surface area contributed by atoms with Gasteiger partial charge in [0.25, 0.3) is 10.2 Å². The summed E-state index contributed by atoms with van der Waals surface area (Å²) in [5, 5.41) is 4.98. The topological polar surface area (TPSA) is 104 Å². The van der Waals surface area contributed by atoms with Gasteiger partial charge in [-0.25, -0.2) is 5.14 Å². The van der Waals surface area contributed by atoms with Crippen LogP contribution < -0.4 is 5.14 Å². The van der Waals surface area contributed by atoms with Crippen LogP contribution in [0.2, 0.25) is 0 Å². The molecular formula is C7H18N2O4S2. The van der Waals surface area contributed by atoms with Gasteiger partial charge in [-0.1, -0.05) is 23.5 Å². The molecule has 0 spiro atoms. The second-order valence-corrected chi connectivity index (χ2v) is 7.44. The van der Waals surface area contributed by atoms with E-state index in [1.807, 2.05) is 6.92 Å². The Morgan fingerprint density at radius 3 is 2.60 bits per heavy atom. The molecule has 0 amide bonds. The van der Waals surface area contributed by atoms with Gasteiger partial charge in [0.05, 0.1) is 5.75 Å². The summed E-state index contributed by atoms with van der Waals surface area (Å²) in [5.74, 6) is 0.0951. The Hall–Kier alpha value is 0.140. The van der Waals surface area contributed by atoms with Crippen LogP contribution in [0.3, 0.4) is 0 Å². The third-order valence-corrected chi connectivity index (χ3v) is 6.25. The summed E-state index contributed by atoms with van der Waals surface area (Å²) in [5.41, 5.74) is 0. The van der Waals surface area contributed by atoms with Crippen molar-refractivity contribution in [1.29, 1.82) is 0 Å². The average Bonchev–Trinajstić information content (AvgIpc) is 2.36. The van der Waals surface area contributed by atoms with Crippen LogP contribution in [0.5, 0.6) is 0 Å². The first-order valence-electron chi connectivity index (χ1n) is 4.87. The predicted molar refractivity (Wildman–Crippen MR) is 60.6 cm³/mol. The van der Waals surface area contributed by atoms with Crippen molar-refractivity contribution in [3.8, 4) is 0 Å². The Bertz CT molecular complexity index is 317. The van der Waals surface area contributed by atoms with E-state index in [0.717, 1.165) is 12.8 Å². The molecule has 0 aromatic rings. The quantitative estimate of drug-likeness (QED) is 0.702. The summed E-state index contributed by atoms with van der Waals surface area (Å²) in [7, 11) is -7.22. The highest BCUT2D eigenvalue weighted by Gasteiger charge is 2.43. The zero-order chi connectivity index (χ0) is 11.7. The van der Waals surface area contributed by atoms with Crippen LogP contribution in [0, 0.1) is 0 Å². The van der Waals surface area contributed by atoms with Gasteiger partial charge in [0, 0.05) is 6.04 Å². The summed E-state index contributed by atoms with van der Waals surface area (Å²) in [6.07, 6.45) is 2.89. The zero-order valence-corrected chi connectivity index (χ0v) is 10.3. The minimum Gasteiger partial charge on any atom is -0.285 e. The molecule has 0 radical (unpaired) electrons. The average molecular weight is 258 g/mol. The maximum absolute atomic E-state index is 11.2. The number of hydrogen-bond acceptors (Lipinski definition) is 4. The van der Waals surface area contributed by atoms with Crippen molar-refractivity contribution < 1.29 is 17.5 Å². The fraction of sp³-hybridized carbons (Fsp3) is 1.00. The van der Waals surface area contributed by atoms with Crippen LogP contribution in [-0.2, 0) is 10.2 Å². The normalized spacial score (nSPS) is 29.2. The van der Waals surface area contributed by atoms with E-state index in [9.17, 15) is 17.5 Å². The third kappa shape index (κ3) is 3.05. The lowest BCUT2D eigenvalue weighted by molar-refractivity contribution is 0.382. The Morgan fingerprint density at radius 2 is 2.13 bits per heavy atom. The van der Waals surface area contributed by atoms with Crippen LogP contribution in [0.4, 0.5) is 0 Å². The molecule has 6 nitrogen and oxygen atoms in total. The Labute approximate surface area is 92.1 Å². The molecular weight excluding hydrogens is 240 g/mol. The van der Waals surface area contributed by atoms with E-state index in [0.29, 0.717) is 16.6 Å². The van der Waals surface area contributed by atoms with Gasteiger partial charge in [-0.3, -0.25) is 9.11 Å². The molecule has 15 heavy (non-hydrogen) atoms. The van der Waals surface area contributed by atoms with Gasteiger partial charge in [-0.15, -0.1) is 10.8 Å². The Balaban J connectivity index is 2.83. The SMILES string of the molecule is CCCCC1CCS(O)(O)N1S(N)(=O)=O. The van der Waals surface area contributed by atoms with Gasteiger partial charge in [-0.05, 0) is 12.8 Å². The van der Waals surface area contributed by atoms with Crippen LogP contribution >= 0.6 is 10.8 Å². The number of nitrogens with zero attached hydrogens (tertiary/aromatic N) is 1. The van der Waals surface area contributed by atoms with E-state index in [4.69, 9.17) is 5.14 Å². The molecule has 92 valence electrons. The molecule has 1 saturated heterocycles. The molecule has 1 unspecified atom stereocenters. The molecule has 1 aliphatic heterocycles. The third-order valence-electron chi connectivity index (χ3n) is 2.45. The van der Waals surface area contributed by atoms with E-state index in [1.54, 1.807) is 0 Å². The highest BCUT2D eigenvalue weighted by Crippen LogP contribution is 2.53. The number of hydrogen-bond donors (Lipinski definition) is 3. The van der Waals surface area contributed by atoms with Gasteiger partial charge in [-0.2, -0.15) is 8.42 Å². The van der Waals surface area contributed by atoms with Crippen molar-refractivity contribution >= 4 is 21.0 Å². The molecule has 1 fully saturated rings. The first-order valence-corrected chi connectivity index (χ1v) is 8.05. The minimum atomic E-state index is -4.02. The summed E-state index contributed by atoms with van der Waals surface area (Å²) < 4.78 is 42.3. The van der Waals surface area contributed by atoms with Gasteiger partial charge < -0.3 is 0 Å². The summed E-state index contributed by atoms with van der Waals surface area (Å²) >= 11 is 0. The molecule has 0 saturated carbocycles. The van der Waals surface area contributed by atoms with Gasteiger partial charge in [0.1, 0.15) is 0 Å². The summed E-state index contributed by atoms with van der Waals surface area (Å²) in [4.78, 5) is 0. The number of unbranched alkanes of at least 4 members (excludes halogenated alkanes) is 1. The zero-order valence-electron chi connectivity index (χ0n) is 8.66. The maximum Gasteiger partial charge on any atom is 0.293 e. The van der Waals surface area contributed by atoms with E-state index >= 15 is 0 Å². The molecule has 4 N–H and O–H groups in total. The van der Waals surface area contributed by atoms with Crippen LogP contribution in [0.15, 0.2) is 0 Å². The largest absolute Gasteiger partial charge is 0.293 e. The van der Waals surface area contributed by atoms with E-state index in [1.165, 1.54) is 0 Å². The second kappa shape index (κ2) is 4.56. The second-order valence-electron chi connectivity index (χ2n) is 3.72. The number of nitrogens with two attached hydrogens (primary N) is 1. The van der Waals surface area contributed by atoms with Crippen LogP contribution in [-0.4, -0.2) is 33.0 Å². The summed E-state index contributed by atoms with van der Waals surface area (Å²) in [6.45, 7) is 1.99. The monoisotopic (exact) mass is 258 g/mol.